The summed E-state index contributed by atoms with van der Waals surface area (Å²) in [4.78, 5) is 8.49. The Balaban J connectivity index is 1.98. The van der Waals surface area contributed by atoms with Crippen molar-refractivity contribution < 1.29 is 4.52 Å². The molecular formula is C12H17N5O. The van der Waals surface area contributed by atoms with Gasteiger partial charge in [-0.25, -0.2) is 4.98 Å². The molecule has 0 saturated carbocycles. The van der Waals surface area contributed by atoms with Crippen molar-refractivity contribution in [3.8, 4) is 0 Å². The van der Waals surface area contributed by atoms with Gasteiger partial charge in [0, 0.05) is 18.8 Å². The molecule has 0 aromatic carbocycles. The molecule has 0 fully saturated rings. The van der Waals surface area contributed by atoms with Crippen LogP contribution in [0.4, 0.5) is 17.6 Å². The fourth-order valence-electron chi connectivity index (χ4n) is 1.45. The van der Waals surface area contributed by atoms with E-state index >= 15 is 0 Å². The van der Waals surface area contributed by atoms with Crippen molar-refractivity contribution in [1.82, 2.24) is 15.1 Å². The van der Waals surface area contributed by atoms with Crippen LogP contribution >= 0.6 is 0 Å². The maximum Gasteiger partial charge on any atom is 0.224 e. The van der Waals surface area contributed by atoms with E-state index in [0.717, 1.165) is 25.1 Å². The second kappa shape index (κ2) is 6.00. The fraction of sp³-hybridized carbons (Fsp3) is 0.417. The number of hydrogen-bond donors (Lipinski definition) is 2. The number of aryl methyl sites for hydroxylation is 1. The van der Waals surface area contributed by atoms with E-state index in [-0.39, 0.29) is 0 Å². The standard InChI is InChI=1S/C12H17N5O/c1-3-4-6-13-12-14-7-5-10(16-12)15-11-8-9(2)18-17-11/h5,7-8H,3-4,6H2,1-2H3,(H2,13,14,15,16,17). The Bertz CT molecular complexity index is 497. The summed E-state index contributed by atoms with van der Waals surface area (Å²) in [6.07, 6.45) is 3.95. The van der Waals surface area contributed by atoms with Crippen molar-refractivity contribution in [2.75, 3.05) is 17.2 Å². The zero-order chi connectivity index (χ0) is 12.8. The first-order valence-corrected chi connectivity index (χ1v) is 6.05. The van der Waals surface area contributed by atoms with E-state index in [9.17, 15) is 0 Å². The molecule has 2 N–H and O–H groups in total. The zero-order valence-electron chi connectivity index (χ0n) is 10.6. The number of nitrogens with zero attached hydrogens (tertiary/aromatic N) is 3. The number of hydrogen-bond acceptors (Lipinski definition) is 6. The summed E-state index contributed by atoms with van der Waals surface area (Å²) in [5.74, 6) is 2.71. The third-order valence-electron chi connectivity index (χ3n) is 2.35. The fourth-order valence-corrected chi connectivity index (χ4v) is 1.45. The van der Waals surface area contributed by atoms with E-state index in [0.29, 0.717) is 17.6 Å². The van der Waals surface area contributed by atoms with Crippen molar-refractivity contribution in [3.05, 3.63) is 24.1 Å². The third-order valence-corrected chi connectivity index (χ3v) is 2.35. The van der Waals surface area contributed by atoms with Crippen LogP contribution in [-0.2, 0) is 0 Å². The molecule has 6 nitrogen and oxygen atoms in total. The molecule has 0 aliphatic rings. The van der Waals surface area contributed by atoms with Gasteiger partial charge in [-0.1, -0.05) is 18.5 Å². The average Bonchev–Trinajstić information content (AvgIpc) is 2.76. The molecule has 0 atom stereocenters. The van der Waals surface area contributed by atoms with Crippen molar-refractivity contribution >= 4 is 17.6 Å². The van der Waals surface area contributed by atoms with Crippen LogP contribution in [0.1, 0.15) is 25.5 Å². The summed E-state index contributed by atoms with van der Waals surface area (Å²) < 4.78 is 4.97. The number of unbranched alkanes of at least 4 members (excludes halogenated alkanes) is 1. The Morgan fingerprint density at radius 2 is 2.22 bits per heavy atom. The second-order valence-corrected chi connectivity index (χ2v) is 3.99. The predicted molar refractivity (Wildman–Crippen MR) is 70.0 cm³/mol. The lowest BCUT2D eigenvalue weighted by Gasteiger charge is -2.05. The number of anilines is 3. The van der Waals surface area contributed by atoms with Gasteiger partial charge in [0.15, 0.2) is 5.82 Å². The minimum absolute atomic E-state index is 0.619. The van der Waals surface area contributed by atoms with Crippen molar-refractivity contribution in [2.24, 2.45) is 0 Å². The molecule has 0 spiro atoms. The summed E-state index contributed by atoms with van der Waals surface area (Å²) >= 11 is 0. The van der Waals surface area contributed by atoms with Crippen LogP contribution in [0, 0.1) is 6.92 Å². The normalized spacial score (nSPS) is 10.3. The van der Waals surface area contributed by atoms with Gasteiger partial charge >= 0.3 is 0 Å². The van der Waals surface area contributed by atoms with Crippen LogP contribution in [0.2, 0.25) is 0 Å². The number of aromatic nitrogens is 3. The van der Waals surface area contributed by atoms with E-state index in [2.05, 4.69) is 32.7 Å². The largest absolute Gasteiger partial charge is 0.360 e. The molecule has 18 heavy (non-hydrogen) atoms. The predicted octanol–water partition coefficient (Wildman–Crippen LogP) is 2.73. The zero-order valence-corrected chi connectivity index (χ0v) is 10.6. The molecule has 0 amide bonds. The Morgan fingerprint density at radius 3 is 2.94 bits per heavy atom. The van der Waals surface area contributed by atoms with E-state index in [1.54, 1.807) is 12.3 Å². The van der Waals surface area contributed by atoms with E-state index in [4.69, 9.17) is 4.52 Å². The first-order chi connectivity index (χ1) is 8.78. The van der Waals surface area contributed by atoms with Gasteiger partial charge in [0.25, 0.3) is 0 Å². The molecule has 6 heteroatoms. The van der Waals surface area contributed by atoms with Crippen LogP contribution in [0.5, 0.6) is 0 Å². The van der Waals surface area contributed by atoms with Gasteiger partial charge < -0.3 is 15.2 Å². The highest BCUT2D eigenvalue weighted by molar-refractivity contribution is 5.52. The SMILES string of the molecule is CCCCNc1nccc(Nc2cc(C)on2)n1. The van der Waals surface area contributed by atoms with Crippen molar-refractivity contribution in [1.29, 1.82) is 0 Å². The van der Waals surface area contributed by atoms with Gasteiger partial charge in [0.2, 0.25) is 5.95 Å². The van der Waals surface area contributed by atoms with Gasteiger partial charge in [-0.05, 0) is 19.4 Å². The van der Waals surface area contributed by atoms with Gasteiger partial charge in [-0.3, -0.25) is 0 Å². The lowest BCUT2D eigenvalue weighted by atomic mass is 10.3. The van der Waals surface area contributed by atoms with Gasteiger partial charge in [0.05, 0.1) is 0 Å². The van der Waals surface area contributed by atoms with Crippen LogP contribution in [-0.4, -0.2) is 21.7 Å². The first-order valence-electron chi connectivity index (χ1n) is 6.05. The number of rotatable bonds is 6. The summed E-state index contributed by atoms with van der Waals surface area (Å²) in [7, 11) is 0. The van der Waals surface area contributed by atoms with Crippen molar-refractivity contribution in [3.63, 3.8) is 0 Å². The summed E-state index contributed by atoms with van der Waals surface area (Å²) in [5.41, 5.74) is 0. The third kappa shape index (κ3) is 3.44. The second-order valence-electron chi connectivity index (χ2n) is 3.99. The summed E-state index contributed by atoms with van der Waals surface area (Å²) in [5, 5.41) is 10.1. The highest BCUT2D eigenvalue weighted by Gasteiger charge is 2.02. The quantitative estimate of drug-likeness (QED) is 0.764. The topological polar surface area (TPSA) is 75.9 Å². The van der Waals surface area contributed by atoms with Gasteiger partial charge in [0.1, 0.15) is 11.6 Å². The molecule has 2 rings (SSSR count). The first kappa shape index (κ1) is 12.3. The van der Waals surface area contributed by atoms with Crippen molar-refractivity contribution in [2.45, 2.75) is 26.7 Å². The highest BCUT2D eigenvalue weighted by atomic mass is 16.5. The van der Waals surface area contributed by atoms with E-state index in [1.165, 1.54) is 0 Å². The van der Waals surface area contributed by atoms with Crippen LogP contribution < -0.4 is 10.6 Å². The minimum atomic E-state index is 0.619. The van der Waals surface area contributed by atoms with Crippen LogP contribution in [0.25, 0.3) is 0 Å². The van der Waals surface area contributed by atoms with Crippen LogP contribution in [0.3, 0.4) is 0 Å². The maximum absolute atomic E-state index is 4.97. The molecule has 96 valence electrons. The Hall–Kier alpha value is -2.11. The molecule has 0 bridgehead atoms. The van der Waals surface area contributed by atoms with E-state index < -0.39 is 0 Å². The molecule has 0 aliphatic carbocycles. The molecule has 0 aliphatic heterocycles. The smallest absolute Gasteiger partial charge is 0.224 e. The Morgan fingerprint density at radius 1 is 1.33 bits per heavy atom. The molecule has 2 heterocycles. The lowest BCUT2D eigenvalue weighted by molar-refractivity contribution is 0.400. The summed E-state index contributed by atoms with van der Waals surface area (Å²) in [6, 6.07) is 3.60. The average molecular weight is 247 g/mol. The lowest BCUT2D eigenvalue weighted by Crippen LogP contribution is -2.06. The van der Waals surface area contributed by atoms with Gasteiger partial charge in [-0.2, -0.15) is 4.98 Å². The van der Waals surface area contributed by atoms with Gasteiger partial charge in [-0.15, -0.1) is 0 Å². The Labute approximate surface area is 106 Å². The van der Waals surface area contributed by atoms with Crippen LogP contribution in [0.15, 0.2) is 22.9 Å². The van der Waals surface area contributed by atoms with E-state index in [1.807, 2.05) is 13.0 Å². The molecule has 2 aromatic rings. The Kier molecular flexibility index (Phi) is 4.11. The maximum atomic E-state index is 4.97. The highest BCUT2D eigenvalue weighted by Crippen LogP contribution is 2.14. The monoisotopic (exact) mass is 247 g/mol. The summed E-state index contributed by atoms with van der Waals surface area (Å²) in [6.45, 7) is 4.87. The minimum Gasteiger partial charge on any atom is -0.360 e. The molecule has 0 radical (unpaired) electrons. The molecule has 0 unspecified atom stereocenters. The molecule has 0 saturated heterocycles. The number of nitrogens with one attached hydrogen (secondary N) is 2. The molecular weight excluding hydrogens is 230 g/mol. The molecule has 2 aromatic heterocycles.